The SMILES string of the molecule is CCCCCc1ccc(-c2c(O)c(C(C)=NNC(=O)c3ccc(C(=O)OC)cc3)nn2C)cc1. The Labute approximate surface area is 199 Å². The van der Waals surface area contributed by atoms with Crippen molar-refractivity contribution in [2.75, 3.05) is 7.11 Å². The van der Waals surface area contributed by atoms with Crippen LogP contribution in [0.15, 0.2) is 53.6 Å². The predicted octanol–water partition coefficient (Wildman–Crippen LogP) is 4.47. The number of hydrazone groups is 1. The average molecular weight is 463 g/mol. The Balaban J connectivity index is 1.73. The Morgan fingerprint density at radius 3 is 2.32 bits per heavy atom. The monoisotopic (exact) mass is 462 g/mol. The van der Waals surface area contributed by atoms with Gasteiger partial charge in [-0.1, -0.05) is 44.0 Å². The van der Waals surface area contributed by atoms with Gasteiger partial charge in [-0.2, -0.15) is 10.2 Å². The molecule has 1 aromatic heterocycles. The highest BCUT2D eigenvalue weighted by atomic mass is 16.5. The fraction of sp³-hybridized carbons (Fsp3) is 0.308. The molecule has 0 bridgehead atoms. The van der Waals surface area contributed by atoms with Gasteiger partial charge in [0.05, 0.1) is 18.4 Å². The van der Waals surface area contributed by atoms with Crippen molar-refractivity contribution in [3.63, 3.8) is 0 Å². The number of unbranched alkanes of at least 4 members (excludes halogenated alkanes) is 2. The Morgan fingerprint density at radius 1 is 1.06 bits per heavy atom. The smallest absolute Gasteiger partial charge is 0.337 e. The van der Waals surface area contributed by atoms with Crippen LogP contribution in [0.2, 0.25) is 0 Å². The molecule has 2 N–H and O–H groups in total. The van der Waals surface area contributed by atoms with Crippen LogP contribution in [0.5, 0.6) is 5.75 Å². The van der Waals surface area contributed by atoms with Crippen molar-refractivity contribution in [1.29, 1.82) is 0 Å². The summed E-state index contributed by atoms with van der Waals surface area (Å²) in [5, 5.41) is 19.3. The van der Waals surface area contributed by atoms with E-state index in [1.54, 1.807) is 18.7 Å². The number of aromatic hydroxyl groups is 1. The van der Waals surface area contributed by atoms with E-state index in [1.165, 1.54) is 49.8 Å². The largest absolute Gasteiger partial charge is 0.504 e. The van der Waals surface area contributed by atoms with Crippen LogP contribution in [0, 0.1) is 0 Å². The number of aromatic nitrogens is 2. The first-order valence-corrected chi connectivity index (χ1v) is 11.2. The number of hydrogen-bond donors (Lipinski definition) is 2. The van der Waals surface area contributed by atoms with Gasteiger partial charge in [0.1, 0.15) is 5.69 Å². The number of esters is 1. The normalized spacial score (nSPS) is 11.4. The van der Waals surface area contributed by atoms with Crippen molar-refractivity contribution in [3.8, 4) is 17.0 Å². The number of nitrogens with zero attached hydrogens (tertiary/aromatic N) is 3. The number of hydrogen-bond acceptors (Lipinski definition) is 6. The van der Waals surface area contributed by atoms with Crippen molar-refractivity contribution >= 4 is 17.6 Å². The number of rotatable bonds is 9. The summed E-state index contributed by atoms with van der Waals surface area (Å²) in [4.78, 5) is 23.9. The topological polar surface area (TPSA) is 106 Å². The quantitative estimate of drug-likeness (QED) is 0.211. The first-order valence-electron chi connectivity index (χ1n) is 11.2. The van der Waals surface area contributed by atoms with Crippen LogP contribution in [0.1, 0.15) is 65.1 Å². The average Bonchev–Trinajstić information content (AvgIpc) is 3.16. The molecule has 0 fully saturated rings. The lowest BCUT2D eigenvalue weighted by Gasteiger charge is -2.05. The molecule has 8 heteroatoms. The molecule has 0 aliphatic heterocycles. The van der Waals surface area contributed by atoms with E-state index in [9.17, 15) is 14.7 Å². The fourth-order valence-corrected chi connectivity index (χ4v) is 3.62. The van der Waals surface area contributed by atoms with E-state index in [4.69, 9.17) is 0 Å². The van der Waals surface area contributed by atoms with Gasteiger partial charge in [-0.3, -0.25) is 9.48 Å². The third-order valence-corrected chi connectivity index (χ3v) is 5.55. The molecule has 0 saturated carbocycles. The maximum Gasteiger partial charge on any atom is 0.337 e. The van der Waals surface area contributed by atoms with Gasteiger partial charge in [0.15, 0.2) is 11.4 Å². The van der Waals surface area contributed by atoms with E-state index in [1.807, 2.05) is 12.1 Å². The summed E-state index contributed by atoms with van der Waals surface area (Å²) in [7, 11) is 3.05. The Morgan fingerprint density at radius 2 is 1.71 bits per heavy atom. The van der Waals surface area contributed by atoms with Crippen molar-refractivity contribution in [1.82, 2.24) is 15.2 Å². The van der Waals surface area contributed by atoms with Crippen LogP contribution in [0.25, 0.3) is 11.3 Å². The minimum absolute atomic E-state index is 0.000775. The molecule has 3 rings (SSSR count). The van der Waals surface area contributed by atoms with Gasteiger partial charge >= 0.3 is 5.97 Å². The standard InChI is InChI=1S/C26H30N4O4/c1-5-6-7-8-18-9-11-19(12-10-18)23-24(31)22(29-30(23)3)17(2)27-28-25(32)20-13-15-21(16-14-20)26(33)34-4/h9-16,31H,5-8H2,1-4H3,(H,28,32). The summed E-state index contributed by atoms with van der Waals surface area (Å²) in [6.07, 6.45) is 4.59. The summed E-state index contributed by atoms with van der Waals surface area (Å²) < 4.78 is 6.25. The molecule has 0 saturated heterocycles. The van der Waals surface area contributed by atoms with Gasteiger partial charge in [-0.25, -0.2) is 10.2 Å². The molecule has 3 aromatic rings. The minimum atomic E-state index is -0.478. The van der Waals surface area contributed by atoms with E-state index < -0.39 is 11.9 Å². The molecule has 0 unspecified atom stereocenters. The van der Waals surface area contributed by atoms with Gasteiger partial charge in [-0.05, 0) is 49.6 Å². The molecule has 0 aliphatic rings. The first kappa shape index (κ1) is 24.7. The van der Waals surface area contributed by atoms with Crippen LogP contribution < -0.4 is 5.43 Å². The Bertz CT molecular complexity index is 1180. The third-order valence-electron chi connectivity index (χ3n) is 5.55. The third kappa shape index (κ3) is 5.70. The van der Waals surface area contributed by atoms with E-state index in [0.29, 0.717) is 22.5 Å². The zero-order chi connectivity index (χ0) is 24.7. The van der Waals surface area contributed by atoms with Crippen molar-refractivity contribution < 1.29 is 19.4 Å². The number of methoxy groups -OCH3 is 1. The van der Waals surface area contributed by atoms with Crippen LogP contribution in [0.4, 0.5) is 0 Å². The molecule has 1 heterocycles. The van der Waals surface area contributed by atoms with Gasteiger partial charge in [-0.15, -0.1) is 0 Å². The Hall–Kier alpha value is -3.94. The number of ether oxygens (including phenoxy) is 1. The summed E-state index contributed by atoms with van der Waals surface area (Å²) in [5.41, 5.74) is 6.46. The number of nitrogens with one attached hydrogen (secondary N) is 1. The number of aryl methyl sites for hydroxylation is 2. The van der Waals surface area contributed by atoms with E-state index in [-0.39, 0.29) is 11.4 Å². The summed E-state index contributed by atoms with van der Waals surface area (Å²) in [6, 6.07) is 14.1. The lowest BCUT2D eigenvalue weighted by Crippen LogP contribution is -2.19. The lowest BCUT2D eigenvalue weighted by atomic mass is 10.0. The van der Waals surface area contributed by atoms with Gasteiger partial charge < -0.3 is 9.84 Å². The number of benzene rings is 2. The molecule has 178 valence electrons. The second kappa shape index (κ2) is 11.3. The molecule has 34 heavy (non-hydrogen) atoms. The molecule has 8 nitrogen and oxygen atoms in total. The van der Waals surface area contributed by atoms with E-state index in [2.05, 4.69) is 39.4 Å². The highest BCUT2D eigenvalue weighted by Crippen LogP contribution is 2.32. The first-order chi connectivity index (χ1) is 16.3. The van der Waals surface area contributed by atoms with Crippen LogP contribution in [0.3, 0.4) is 0 Å². The summed E-state index contributed by atoms with van der Waals surface area (Å²) >= 11 is 0. The fourth-order valence-electron chi connectivity index (χ4n) is 3.62. The molecule has 1 amide bonds. The second-order valence-electron chi connectivity index (χ2n) is 8.03. The maximum absolute atomic E-state index is 12.4. The number of carbonyl (C=O) groups excluding carboxylic acids is 2. The van der Waals surface area contributed by atoms with Crippen LogP contribution in [-0.2, 0) is 18.2 Å². The highest BCUT2D eigenvalue weighted by molar-refractivity contribution is 6.02. The van der Waals surface area contributed by atoms with Gasteiger partial charge in [0.25, 0.3) is 5.91 Å². The second-order valence-corrected chi connectivity index (χ2v) is 8.03. The van der Waals surface area contributed by atoms with Crippen LogP contribution in [-0.4, -0.2) is 39.6 Å². The van der Waals surface area contributed by atoms with Crippen molar-refractivity contribution in [3.05, 3.63) is 70.9 Å². The molecule has 0 aliphatic carbocycles. The molecule has 2 aromatic carbocycles. The molecule has 0 atom stereocenters. The number of carbonyl (C=O) groups is 2. The van der Waals surface area contributed by atoms with E-state index >= 15 is 0 Å². The molecular weight excluding hydrogens is 432 g/mol. The molecule has 0 radical (unpaired) electrons. The van der Waals surface area contributed by atoms with E-state index in [0.717, 1.165) is 18.4 Å². The number of amides is 1. The summed E-state index contributed by atoms with van der Waals surface area (Å²) in [5.74, 6) is -0.933. The predicted molar refractivity (Wildman–Crippen MR) is 131 cm³/mol. The highest BCUT2D eigenvalue weighted by Gasteiger charge is 2.19. The zero-order valence-electron chi connectivity index (χ0n) is 20.0. The minimum Gasteiger partial charge on any atom is -0.504 e. The molecular formula is C26H30N4O4. The van der Waals surface area contributed by atoms with Gasteiger partial charge in [0, 0.05) is 18.2 Å². The van der Waals surface area contributed by atoms with Crippen molar-refractivity contribution in [2.24, 2.45) is 12.1 Å². The van der Waals surface area contributed by atoms with Gasteiger partial charge in [0.2, 0.25) is 0 Å². The van der Waals surface area contributed by atoms with Crippen LogP contribution >= 0.6 is 0 Å². The Kier molecular flexibility index (Phi) is 8.19. The lowest BCUT2D eigenvalue weighted by molar-refractivity contribution is 0.0600. The maximum atomic E-state index is 12.4. The molecule has 0 spiro atoms. The summed E-state index contributed by atoms with van der Waals surface area (Å²) in [6.45, 7) is 3.84. The van der Waals surface area contributed by atoms with Crippen molar-refractivity contribution in [2.45, 2.75) is 39.5 Å². The zero-order valence-corrected chi connectivity index (χ0v) is 20.0.